The maximum absolute atomic E-state index is 13.1. The van der Waals surface area contributed by atoms with Gasteiger partial charge in [0.1, 0.15) is 11.6 Å². The highest BCUT2D eigenvalue weighted by atomic mass is 19.1. The van der Waals surface area contributed by atoms with Gasteiger partial charge in [-0.3, -0.25) is 0 Å². The Labute approximate surface area is 101 Å². The Bertz CT molecular complexity index is 379. The summed E-state index contributed by atoms with van der Waals surface area (Å²) < 4.78 is 26.2. The second-order valence-electron chi connectivity index (χ2n) is 5.25. The third kappa shape index (κ3) is 3.03. The van der Waals surface area contributed by atoms with E-state index in [4.69, 9.17) is 0 Å². The molecule has 1 saturated carbocycles. The Morgan fingerprint density at radius 1 is 1.24 bits per heavy atom. The molecule has 0 saturated heterocycles. The summed E-state index contributed by atoms with van der Waals surface area (Å²) in [7, 11) is 0. The van der Waals surface area contributed by atoms with Gasteiger partial charge in [0.05, 0.1) is 0 Å². The molecule has 0 amide bonds. The van der Waals surface area contributed by atoms with Gasteiger partial charge in [-0.15, -0.1) is 0 Å². The Morgan fingerprint density at radius 2 is 1.82 bits per heavy atom. The summed E-state index contributed by atoms with van der Waals surface area (Å²) in [6, 6.07) is 4.09. The van der Waals surface area contributed by atoms with Crippen molar-refractivity contribution < 1.29 is 8.78 Å². The number of halogens is 2. The summed E-state index contributed by atoms with van der Waals surface area (Å²) >= 11 is 0. The molecule has 1 atom stereocenters. The zero-order chi connectivity index (χ0) is 12.5. The van der Waals surface area contributed by atoms with Gasteiger partial charge in [0.2, 0.25) is 0 Å². The molecule has 94 valence electrons. The largest absolute Gasteiger partial charge is 0.313 e. The van der Waals surface area contributed by atoms with Crippen molar-refractivity contribution >= 4 is 0 Å². The molecule has 1 aromatic carbocycles. The van der Waals surface area contributed by atoms with Gasteiger partial charge in [0, 0.05) is 12.1 Å². The van der Waals surface area contributed by atoms with Crippen LogP contribution in [0.5, 0.6) is 0 Å². The Hall–Kier alpha value is -0.960. The standard InChI is InChI=1S/C14H19F2N/c1-3-17-13(14(2)4-5-14)8-10-6-11(15)9-12(16)7-10/h6-7,9,13,17H,3-5,8H2,1-2H3. The Balaban J connectivity index is 2.11. The molecule has 0 bridgehead atoms. The number of likely N-dealkylation sites (N-methyl/N-ethyl adjacent to an activating group) is 1. The predicted molar refractivity (Wildman–Crippen MR) is 64.9 cm³/mol. The molecule has 1 aliphatic carbocycles. The molecule has 1 unspecified atom stereocenters. The number of benzene rings is 1. The maximum Gasteiger partial charge on any atom is 0.126 e. The van der Waals surface area contributed by atoms with Crippen LogP contribution in [0.1, 0.15) is 32.3 Å². The highest BCUT2D eigenvalue weighted by molar-refractivity contribution is 5.20. The predicted octanol–water partition coefficient (Wildman–Crippen LogP) is 3.29. The molecular weight excluding hydrogens is 220 g/mol. The van der Waals surface area contributed by atoms with Crippen molar-refractivity contribution in [2.24, 2.45) is 5.41 Å². The van der Waals surface area contributed by atoms with E-state index in [0.29, 0.717) is 17.9 Å². The second-order valence-corrected chi connectivity index (χ2v) is 5.25. The highest BCUT2D eigenvalue weighted by Gasteiger charge is 2.44. The third-order valence-electron chi connectivity index (χ3n) is 3.69. The van der Waals surface area contributed by atoms with E-state index in [2.05, 4.69) is 19.2 Å². The summed E-state index contributed by atoms with van der Waals surface area (Å²) in [5.41, 5.74) is 1.04. The first-order chi connectivity index (χ1) is 8.03. The molecule has 1 fully saturated rings. The lowest BCUT2D eigenvalue weighted by Gasteiger charge is -2.24. The fourth-order valence-electron chi connectivity index (χ4n) is 2.32. The van der Waals surface area contributed by atoms with Crippen LogP contribution in [0.4, 0.5) is 8.78 Å². The van der Waals surface area contributed by atoms with Crippen LogP contribution in [-0.2, 0) is 6.42 Å². The topological polar surface area (TPSA) is 12.0 Å². The normalized spacial score (nSPS) is 19.1. The van der Waals surface area contributed by atoms with E-state index in [9.17, 15) is 8.78 Å². The summed E-state index contributed by atoms with van der Waals surface area (Å²) in [4.78, 5) is 0. The molecule has 0 aliphatic heterocycles. The zero-order valence-electron chi connectivity index (χ0n) is 10.4. The van der Waals surface area contributed by atoms with Gasteiger partial charge in [-0.1, -0.05) is 13.8 Å². The fraction of sp³-hybridized carbons (Fsp3) is 0.571. The SMILES string of the molecule is CCNC(Cc1cc(F)cc(F)c1)C1(C)CC1. The van der Waals surface area contributed by atoms with Gasteiger partial charge in [-0.2, -0.15) is 0 Å². The van der Waals surface area contributed by atoms with E-state index in [1.54, 1.807) is 0 Å². The van der Waals surface area contributed by atoms with Crippen molar-refractivity contribution in [2.75, 3.05) is 6.54 Å². The van der Waals surface area contributed by atoms with Crippen molar-refractivity contribution in [1.82, 2.24) is 5.32 Å². The van der Waals surface area contributed by atoms with Crippen LogP contribution in [-0.4, -0.2) is 12.6 Å². The van der Waals surface area contributed by atoms with E-state index in [-0.39, 0.29) is 0 Å². The van der Waals surface area contributed by atoms with Gasteiger partial charge in [0.25, 0.3) is 0 Å². The first-order valence-corrected chi connectivity index (χ1v) is 6.22. The van der Waals surface area contributed by atoms with Crippen LogP contribution in [0.2, 0.25) is 0 Å². The molecule has 2 rings (SSSR count). The average Bonchev–Trinajstić information content (AvgIpc) is 2.96. The number of hydrogen-bond donors (Lipinski definition) is 1. The fourth-order valence-corrected chi connectivity index (χ4v) is 2.32. The minimum absolute atomic E-state index is 0.304. The molecule has 1 N–H and O–H groups in total. The summed E-state index contributed by atoms with van der Waals surface area (Å²) in [5.74, 6) is -0.979. The zero-order valence-corrected chi connectivity index (χ0v) is 10.4. The molecule has 0 radical (unpaired) electrons. The Morgan fingerprint density at radius 3 is 2.29 bits per heavy atom. The van der Waals surface area contributed by atoms with Gasteiger partial charge in [-0.25, -0.2) is 8.78 Å². The van der Waals surface area contributed by atoms with E-state index in [1.165, 1.54) is 25.0 Å². The van der Waals surface area contributed by atoms with E-state index >= 15 is 0 Å². The quantitative estimate of drug-likeness (QED) is 0.831. The lowest BCUT2D eigenvalue weighted by Crippen LogP contribution is -2.38. The molecule has 3 heteroatoms. The van der Waals surface area contributed by atoms with Crippen LogP contribution in [0.25, 0.3) is 0 Å². The molecule has 1 nitrogen and oxygen atoms in total. The summed E-state index contributed by atoms with van der Waals surface area (Å²) in [5, 5.41) is 3.43. The van der Waals surface area contributed by atoms with Gasteiger partial charge in [0.15, 0.2) is 0 Å². The highest BCUT2D eigenvalue weighted by Crippen LogP contribution is 2.48. The maximum atomic E-state index is 13.1. The first kappa shape index (κ1) is 12.5. The minimum atomic E-state index is -0.490. The van der Waals surface area contributed by atoms with Gasteiger partial charge >= 0.3 is 0 Å². The van der Waals surface area contributed by atoms with Crippen LogP contribution in [0.15, 0.2) is 18.2 Å². The number of hydrogen-bond acceptors (Lipinski definition) is 1. The molecule has 17 heavy (non-hydrogen) atoms. The molecule has 0 spiro atoms. The lowest BCUT2D eigenvalue weighted by molar-refractivity contribution is 0.359. The van der Waals surface area contributed by atoms with E-state index in [0.717, 1.165) is 18.2 Å². The molecule has 0 aromatic heterocycles. The molecule has 1 aliphatic rings. The number of rotatable bonds is 5. The summed E-state index contributed by atoms with van der Waals surface area (Å²) in [6.45, 7) is 5.18. The van der Waals surface area contributed by atoms with Crippen molar-refractivity contribution in [2.45, 2.75) is 39.2 Å². The van der Waals surface area contributed by atoms with Crippen LogP contribution in [0, 0.1) is 17.0 Å². The lowest BCUT2D eigenvalue weighted by atomic mass is 9.92. The minimum Gasteiger partial charge on any atom is -0.313 e. The van der Waals surface area contributed by atoms with Crippen LogP contribution >= 0.6 is 0 Å². The van der Waals surface area contributed by atoms with Crippen molar-refractivity contribution in [3.63, 3.8) is 0 Å². The second kappa shape index (κ2) is 4.73. The van der Waals surface area contributed by atoms with Crippen LogP contribution in [0.3, 0.4) is 0 Å². The van der Waals surface area contributed by atoms with E-state index in [1.807, 2.05) is 0 Å². The Kier molecular flexibility index (Phi) is 3.48. The first-order valence-electron chi connectivity index (χ1n) is 6.22. The molecular formula is C14H19F2N. The monoisotopic (exact) mass is 239 g/mol. The van der Waals surface area contributed by atoms with Gasteiger partial charge < -0.3 is 5.32 Å². The van der Waals surface area contributed by atoms with Gasteiger partial charge in [-0.05, 0) is 48.9 Å². The van der Waals surface area contributed by atoms with Crippen molar-refractivity contribution in [3.05, 3.63) is 35.4 Å². The van der Waals surface area contributed by atoms with E-state index < -0.39 is 11.6 Å². The average molecular weight is 239 g/mol. The summed E-state index contributed by atoms with van der Waals surface area (Å²) in [6.07, 6.45) is 3.09. The molecule has 1 aromatic rings. The van der Waals surface area contributed by atoms with Crippen molar-refractivity contribution in [3.8, 4) is 0 Å². The smallest absolute Gasteiger partial charge is 0.126 e. The van der Waals surface area contributed by atoms with Crippen LogP contribution < -0.4 is 5.32 Å². The number of nitrogens with one attached hydrogen (secondary N) is 1. The third-order valence-corrected chi connectivity index (χ3v) is 3.69. The molecule has 0 heterocycles. The van der Waals surface area contributed by atoms with Crippen molar-refractivity contribution in [1.29, 1.82) is 0 Å².